The highest BCUT2D eigenvalue weighted by atomic mass is 31.1. The van der Waals surface area contributed by atoms with Crippen LogP contribution < -0.4 is 0 Å². The highest BCUT2D eigenvalue weighted by Gasteiger charge is 2.41. The highest BCUT2D eigenvalue weighted by Crippen LogP contribution is 2.64. The molecule has 0 radical (unpaired) electrons. The van der Waals surface area contributed by atoms with Crippen molar-refractivity contribution in [3.8, 4) is 0 Å². The number of rotatable bonds is 2. The van der Waals surface area contributed by atoms with E-state index < -0.39 is 0 Å². The molecule has 0 aromatic carbocycles. The highest BCUT2D eigenvalue weighted by molar-refractivity contribution is 7.58. The molecule has 4 heteroatoms. The number of hydrogen-bond acceptors (Lipinski definition) is 2. The second-order valence-corrected chi connectivity index (χ2v) is 10.9. The third-order valence-electron chi connectivity index (χ3n) is 3.20. The molecule has 0 saturated carbocycles. The van der Waals surface area contributed by atoms with Crippen LogP contribution in [0.4, 0.5) is 0 Å². The maximum Gasteiger partial charge on any atom is 0.144 e. The summed E-state index contributed by atoms with van der Waals surface area (Å²) in [4.78, 5) is 0. The maximum atomic E-state index is 4.44. The summed E-state index contributed by atoms with van der Waals surface area (Å²) < 4.78 is 4.54. The SMILES string of the molecule is CC(C)(C)P(N1C=CC=CC1n1cccn1)C(C)(C)C. The van der Waals surface area contributed by atoms with Crippen molar-refractivity contribution in [2.45, 2.75) is 58.0 Å². The van der Waals surface area contributed by atoms with Crippen LogP contribution in [0.25, 0.3) is 0 Å². The van der Waals surface area contributed by atoms with Crippen LogP contribution in [0.15, 0.2) is 42.9 Å². The molecular formula is C16H26N3P. The molecule has 0 bridgehead atoms. The second kappa shape index (κ2) is 5.37. The van der Waals surface area contributed by atoms with E-state index in [1.807, 2.05) is 23.1 Å². The zero-order valence-corrected chi connectivity index (χ0v) is 14.3. The first-order valence-electron chi connectivity index (χ1n) is 7.14. The largest absolute Gasteiger partial charge is 0.330 e. The molecule has 20 heavy (non-hydrogen) atoms. The summed E-state index contributed by atoms with van der Waals surface area (Å²) in [5, 5.41) is 4.93. The molecule has 0 aliphatic carbocycles. The lowest BCUT2D eigenvalue weighted by molar-refractivity contribution is 0.349. The molecule has 0 saturated heterocycles. The Kier molecular flexibility index (Phi) is 4.11. The van der Waals surface area contributed by atoms with E-state index >= 15 is 0 Å². The molecule has 3 nitrogen and oxygen atoms in total. The zero-order chi connectivity index (χ0) is 15.0. The lowest BCUT2D eigenvalue weighted by atomic mass is 10.2. The minimum atomic E-state index is -0.371. The monoisotopic (exact) mass is 291 g/mol. The van der Waals surface area contributed by atoms with Crippen molar-refractivity contribution >= 4 is 8.07 Å². The predicted octanol–water partition coefficient (Wildman–Crippen LogP) is 4.76. The van der Waals surface area contributed by atoms with E-state index in [1.54, 1.807) is 0 Å². The van der Waals surface area contributed by atoms with Crippen molar-refractivity contribution < 1.29 is 0 Å². The Morgan fingerprint density at radius 3 is 2.15 bits per heavy atom. The Hall–Kier alpha value is -1.08. The summed E-state index contributed by atoms with van der Waals surface area (Å²) in [6.07, 6.45) is 12.8. The standard InChI is InChI=1S/C16H26N3P/c1-15(2,3)20(16(4,5)6)19-13-8-7-10-14(19)18-12-9-11-17-18/h7-14H,1-6H3. The third kappa shape index (κ3) is 3.15. The van der Waals surface area contributed by atoms with Crippen molar-refractivity contribution in [3.05, 3.63) is 42.9 Å². The average molecular weight is 291 g/mol. The fourth-order valence-electron chi connectivity index (χ4n) is 3.01. The summed E-state index contributed by atoms with van der Waals surface area (Å²) in [5.74, 6) is 0. The van der Waals surface area contributed by atoms with Crippen LogP contribution >= 0.6 is 8.07 Å². The van der Waals surface area contributed by atoms with Crippen LogP contribution in [0.2, 0.25) is 0 Å². The van der Waals surface area contributed by atoms with Gasteiger partial charge in [0, 0.05) is 37.0 Å². The first-order valence-corrected chi connectivity index (χ1v) is 8.43. The Labute approximate surface area is 124 Å². The smallest absolute Gasteiger partial charge is 0.144 e. The van der Waals surface area contributed by atoms with Crippen LogP contribution in [-0.4, -0.2) is 24.8 Å². The van der Waals surface area contributed by atoms with Crippen molar-refractivity contribution in [1.82, 2.24) is 14.5 Å². The van der Waals surface area contributed by atoms with Gasteiger partial charge in [-0.3, -0.25) is 0 Å². The van der Waals surface area contributed by atoms with Crippen LogP contribution in [0.3, 0.4) is 0 Å². The van der Waals surface area contributed by atoms with Gasteiger partial charge in [0.2, 0.25) is 0 Å². The van der Waals surface area contributed by atoms with Gasteiger partial charge in [-0.1, -0.05) is 47.6 Å². The molecule has 0 fully saturated rings. The third-order valence-corrected chi connectivity index (χ3v) is 6.58. The van der Waals surface area contributed by atoms with E-state index in [2.05, 4.69) is 75.7 Å². The molecule has 1 aromatic heterocycles. The quantitative estimate of drug-likeness (QED) is 0.732. The van der Waals surface area contributed by atoms with Crippen molar-refractivity contribution in [3.63, 3.8) is 0 Å². The molecule has 2 heterocycles. The van der Waals surface area contributed by atoms with Gasteiger partial charge in [-0.25, -0.2) is 4.68 Å². The molecule has 1 atom stereocenters. The van der Waals surface area contributed by atoms with Gasteiger partial charge in [-0.2, -0.15) is 5.10 Å². The summed E-state index contributed by atoms with van der Waals surface area (Å²) in [7, 11) is -0.371. The normalized spacial score (nSPS) is 19.9. The maximum absolute atomic E-state index is 4.44. The molecule has 1 aliphatic heterocycles. The van der Waals surface area contributed by atoms with Gasteiger partial charge in [-0.05, 0) is 18.2 Å². The molecule has 1 aliphatic rings. The van der Waals surface area contributed by atoms with Crippen LogP contribution in [-0.2, 0) is 0 Å². The molecule has 2 rings (SSSR count). The molecule has 0 amide bonds. The zero-order valence-electron chi connectivity index (χ0n) is 13.4. The Balaban J connectivity index is 2.41. The molecule has 1 unspecified atom stereocenters. The van der Waals surface area contributed by atoms with Gasteiger partial charge < -0.3 is 4.67 Å². The van der Waals surface area contributed by atoms with Gasteiger partial charge >= 0.3 is 0 Å². The van der Waals surface area contributed by atoms with Crippen LogP contribution in [0, 0.1) is 0 Å². The van der Waals surface area contributed by atoms with E-state index in [0.29, 0.717) is 0 Å². The number of allylic oxidation sites excluding steroid dienone is 2. The van der Waals surface area contributed by atoms with E-state index in [4.69, 9.17) is 0 Å². The van der Waals surface area contributed by atoms with Gasteiger partial charge in [0.05, 0.1) is 0 Å². The second-order valence-electron chi connectivity index (χ2n) is 7.16. The summed E-state index contributed by atoms with van der Waals surface area (Å²) in [5.41, 5.74) is 0. The number of nitrogens with zero attached hydrogens (tertiary/aromatic N) is 3. The topological polar surface area (TPSA) is 21.1 Å². The molecule has 1 aromatic rings. The Morgan fingerprint density at radius 1 is 1.00 bits per heavy atom. The Bertz CT molecular complexity index is 475. The molecule has 110 valence electrons. The fraction of sp³-hybridized carbons (Fsp3) is 0.562. The van der Waals surface area contributed by atoms with Crippen LogP contribution in [0.1, 0.15) is 47.7 Å². The van der Waals surface area contributed by atoms with Gasteiger partial charge in [0.1, 0.15) is 6.17 Å². The first kappa shape index (κ1) is 15.3. The van der Waals surface area contributed by atoms with Crippen molar-refractivity contribution in [1.29, 1.82) is 0 Å². The summed E-state index contributed by atoms with van der Waals surface area (Å²) in [6.45, 7) is 14.1. The van der Waals surface area contributed by atoms with E-state index in [9.17, 15) is 0 Å². The van der Waals surface area contributed by atoms with E-state index in [1.165, 1.54) is 0 Å². The van der Waals surface area contributed by atoms with Gasteiger partial charge in [-0.15, -0.1) is 0 Å². The Morgan fingerprint density at radius 2 is 1.65 bits per heavy atom. The van der Waals surface area contributed by atoms with Crippen molar-refractivity contribution in [2.75, 3.05) is 0 Å². The van der Waals surface area contributed by atoms with Gasteiger partial charge in [0.25, 0.3) is 0 Å². The number of aromatic nitrogens is 2. The molecule has 0 N–H and O–H groups in total. The first-order chi connectivity index (χ1) is 9.21. The van der Waals surface area contributed by atoms with Crippen molar-refractivity contribution in [2.24, 2.45) is 0 Å². The van der Waals surface area contributed by atoms with E-state index in [-0.39, 0.29) is 24.6 Å². The summed E-state index contributed by atoms with van der Waals surface area (Å²) in [6, 6.07) is 1.99. The predicted molar refractivity (Wildman–Crippen MR) is 87.8 cm³/mol. The van der Waals surface area contributed by atoms with E-state index in [0.717, 1.165) is 0 Å². The minimum absolute atomic E-state index is 0.180. The summed E-state index contributed by atoms with van der Waals surface area (Å²) >= 11 is 0. The molecule has 0 spiro atoms. The molecular weight excluding hydrogens is 265 g/mol. The fourth-order valence-corrected chi connectivity index (χ4v) is 7.04. The average Bonchev–Trinajstić information content (AvgIpc) is 2.79. The van der Waals surface area contributed by atoms with Crippen LogP contribution in [0.5, 0.6) is 0 Å². The van der Waals surface area contributed by atoms with Gasteiger partial charge in [0.15, 0.2) is 0 Å². The minimum Gasteiger partial charge on any atom is -0.330 e. The lowest BCUT2D eigenvalue weighted by Gasteiger charge is -2.50. The number of hydrogen-bond donors (Lipinski definition) is 0. The lowest BCUT2D eigenvalue weighted by Crippen LogP contribution is -2.37.